The van der Waals surface area contributed by atoms with E-state index in [0.29, 0.717) is 0 Å². The number of hydrogen-bond acceptors (Lipinski definition) is 2. The summed E-state index contributed by atoms with van der Waals surface area (Å²) < 4.78 is 0. The van der Waals surface area contributed by atoms with Gasteiger partial charge in [-0.25, -0.2) is 0 Å². The molecule has 0 amide bonds. The zero-order valence-corrected chi connectivity index (χ0v) is 4.89. The van der Waals surface area contributed by atoms with Gasteiger partial charge in [-0.1, -0.05) is 13.5 Å². The van der Waals surface area contributed by atoms with Gasteiger partial charge in [-0.3, -0.25) is 4.99 Å². The molecule has 0 atom stereocenters. The third kappa shape index (κ3) is 3.10. The normalized spacial score (nSPS) is 9.00. The molecule has 0 saturated carbocycles. The van der Waals surface area contributed by atoms with E-state index in [9.17, 15) is 0 Å². The van der Waals surface area contributed by atoms with Gasteiger partial charge in [-0.05, 0) is 6.42 Å². The van der Waals surface area contributed by atoms with Gasteiger partial charge in [0.2, 0.25) is 0 Å². The van der Waals surface area contributed by atoms with Crippen LogP contribution in [0.4, 0.5) is 0 Å². The fourth-order valence-electron chi connectivity index (χ4n) is 0.230. The first kappa shape index (κ1) is 6.90. The van der Waals surface area contributed by atoms with Gasteiger partial charge in [0.15, 0.2) is 0 Å². The highest BCUT2D eigenvalue weighted by Gasteiger charge is 1.76. The van der Waals surface area contributed by atoms with Crippen LogP contribution in [0.1, 0.15) is 13.3 Å². The van der Waals surface area contributed by atoms with Crippen LogP contribution in [-0.2, 0) is 0 Å². The van der Waals surface area contributed by atoms with Crippen molar-refractivity contribution in [3.63, 3.8) is 0 Å². The smallest absolute Gasteiger partial charge is 0.132 e. The highest BCUT2D eigenvalue weighted by molar-refractivity contribution is 5.59. The lowest BCUT2D eigenvalue weighted by atomic mass is 10.5. The maximum atomic E-state index is 8.10. The number of aliphatic imine (C=N–C) groups is 1. The molecule has 0 unspecified atom stereocenters. The Hall–Kier alpha value is -1.10. The van der Waals surface area contributed by atoms with Crippen molar-refractivity contribution in [3.05, 3.63) is 12.3 Å². The van der Waals surface area contributed by atoms with Crippen molar-refractivity contribution in [2.24, 2.45) is 4.99 Å². The van der Waals surface area contributed by atoms with Crippen LogP contribution in [0, 0.1) is 11.3 Å². The monoisotopic (exact) mass is 108 g/mol. The van der Waals surface area contributed by atoms with E-state index in [1.54, 1.807) is 6.21 Å². The van der Waals surface area contributed by atoms with E-state index in [-0.39, 0.29) is 5.70 Å². The number of nitriles is 1. The van der Waals surface area contributed by atoms with Gasteiger partial charge in [0.25, 0.3) is 0 Å². The van der Waals surface area contributed by atoms with E-state index in [2.05, 4.69) is 11.6 Å². The van der Waals surface area contributed by atoms with Crippen molar-refractivity contribution in [1.29, 1.82) is 5.26 Å². The molecule has 0 rings (SSSR count). The lowest BCUT2D eigenvalue weighted by molar-refractivity contribution is 1.29. The standard InChI is InChI=1S/C6H8N2/c1-3-4-8-6(2)5-7/h4H,2-3H2,1H3. The summed E-state index contributed by atoms with van der Waals surface area (Å²) in [6, 6.07) is 1.81. The molecule has 0 fully saturated rings. The Labute approximate surface area is 49.2 Å². The lowest BCUT2D eigenvalue weighted by Gasteiger charge is -1.77. The van der Waals surface area contributed by atoms with Gasteiger partial charge in [0.05, 0.1) is 0 Å². The van der Waals surface area contributed by atoms with Crippen LogP contribution in [0.3, 0.4) is 0 Å². The highest BCUT2D eigenvalue weighted by Crippen LogP contribution is 1.85. The van der Waals surface area contributed by atoms with Gasteiger partial charge >= 0.3 is 0 Å². The van der Waals surface area contributed by atoms with Gasteiger partial charge in [-0.15, -0.1) is 0 Å². The maximum absolute atomic E-state index is 8.10. The average Bonchev–Trinajstić information content (AvgIpc) is 1.83. The molecule has 2 nitrogen and oxygen atoms in total. The number of rotatable bonds is 2. The predicted molar refractivity (Wildman–Crippen MR) is 33.5 cm³/mol. The molecule has 8 heavy (non-hydrogen) atoms. The fourth-order valence-corrected chi connectivity index (χ4v) is 0.230. The zero-order valence-electron chi connectivity index (χ0n) is 4.89. The summed E-state index contributed by atoms with van der Waals surface area (Å²) in [5.41, 5.74) is 0.270. The van der Waals surface area contributed by atoms with Crippen LogP contribution in [0.5, 0.6) is 0 Å². The van der Waals surface area contributed by atoms with Crippen LogP contribution >= 0.6 is 0 Å². The predicted octanol–water partition coefficient (Wildman–Crippen LogP) is 1.50. The van der Waals surface area contributed by atoms with Crippen LogP contribution in [-0.4, -0.2) is 6.21 Å². The van der Waals surface area contributed by atoms with Crippen LogP contribution in [0.15, 0.2) is 17.3 Å². The highest BCUT2D eigenvalue weighted by atomic mass is 14.7. The van der Waals surface area contributed by atoms with Gasteiger partial charge in [-0.2, -0.15) is 5.26 Å². The Bertz CT molecular complexity index is 139. The van der Waals surface area contributed by atoms with Crippen molar-refractivity contribution in [1.82, 2.24) is 0 Å². The number of hydrogen-bond donors (Lipinski definition) is 0. The Morgan fingerprint density at radius 1 is 2.00 bits per heavy atom. The van der Waals surface area contributed by atoms with Crippen LogP contribution in [0.2, 0.25) is 0 Å². The number of nitrogens with zero attached hydrogens (tertiary/aromatic N) is 2. The molecule has 0 heterocycles. The van der Waals surface area contributed by atoms with Crippen molar-refractivity contribution in [3.8, 4) is 6.07 Å². The first-order chi connectivity index (χ1) is 3.81. The molecular formula is C6H8N2. The summed E-state index contributed by atoms with van der Waals surface area (Å²) in [7, 11) is 0. The molecular weight excluding hydrogens is 100 g/mol. The molecule has 0 aliphatic carbocycles. The fraction of sp³-hybridized carbons (Fsp3) is 0.333. The summed E-state index contributed by atoms with van der Waals surface area (Å²) in [6.45, 7) is 5.30. The molecule has 0 aromatic heterocycles. The topological polar surface area (TPSA) is 36.1 Å². The van der Waals surface area contributed by atoms with E-state index < -0.39 is 0 Å². The summed E-state index contributed by atoms with van der Waals surface area (Å²) in [5, 5.41) is 8.10. The molecule has 0 saturated heterocycles. The molecule has 0 N–H and O–H groups in total. The maximum Gasteiger partial charge on any atom is 0.132 e. The van der Waals surface area contributed by atoms with Crippen LogP contribution < -0.4 is 0 Å². The summed E-state index contributed by atoms with van der Waals surface area (Å²) in [5.74, 6) is 0. The Balaban J connectivity index is 3.58. The Morgan fingerprint density at radius 3 is 3.00 bits per heavy atom. The number of allylic oxidation sites excluding steroid dienone is 1. The van der Waals surface area contributed by atoms with E-state index in [4.69, 9.17) is 5.26 Å². The third-order valence-corrected chi connectivity index (χ3v) is 0.559. The minimum Gasteiger partial charge on any atom is -0.251 e. The molecule has 0 bridgehead atoms. The summed E-state index contributed by atoms with van der Waals surface area (Å²) in [4.78, 5) is 3.68. The van der Waals surface area contributed by atoms with Crippen LogP contribution in [0.25, 0.3) is 0 Å². The summed E-state index contributed by atoms with van der Waals surface area (Å²) >= 11 is 0. The van der Waals surface area contributed by atoms with Crippen molar-refractivity contribution in [2.75, 3.05) is 0 Å². The molecule has 2 heteroatoms. The molecule has 0 aromatic rings. The molecule has 0 aromatic carbocycles. The van der Waals surface area contributed by atoms with Crippen molar-refractivity contribution in [2.45, 2.75) is 13.3 Å². The van der Waals surface area contributed by atoms with Gasteiger partial charge < -0.3 is 0 Å². The van der Waals surface area contributed by atoms with E-state index in [1.165, 1.54) is 0 Å². The second kappa shape index (κ2) is 4.07. The zero-order chi connectivity index (χ0) is 6.41. The minimum absolute atomic E-state index is 0.270. The van der Waals surface area contributed by atoms with E-state index in [1.807, 2.05) is 13.0 Å². The van der Waals surface area contributed by atoms with Crippen molar-refractivity contribution < 1.29 is 0 Å². The quantitative estimate of drug-likeness (QED) is 0.390. The minimum atomic E-state index is 0.270. The SMILES string of the molecule is C=C(C#N)N=CCC. The first-order valence-corrected chi connectivity index (χ1v) is 2.42. The largest absolute Gasteiger partial charge is 0.251 e. The molecule has 0 spiro atoms. The lowest BCUT2D eigenvalue weighted by Crippen LogP contribution is -1.69. The third-order valence-electron chi connectivity index (χ3n) is 0.559. The van der Waals surface area contributed by atoms with Crippen molar-refractivity contribution >= 4 is 6.21 Å². The molecule has 42 valence electrons. The second-order valence-corrected chi connectivity index (χ2v) is 1.28. The first-order valence-electron chi connectivity index (χ1n) is 2.42. The Kier molecular flexibility index (Phi) is 3.51. The van der Waals surface area contributed by atoms with Gasteiger partial charge in [0.1, 0.15) is 11.8 Å². The van der Waals surface area contributed by atoms with E-state index >= 15 is 0 Å². The molecule has 0 radical (unpaired) electrons. The average molecular weight is 108 g/mol. The molecule has 0 aliphatic heterocycles. The second-order valence-electron chi connectivity index (χ2n) is 1.28. The van der Waals surface area contributed by atoms with Gasteiger partial charge in [0, 0.05) is 6.21 Å². The summed E-state index contributed by atoms with van der Waals surface area (Å²) in [6.07, 6.45) is 2.51. The van der Waals surface area contributed by atoms with E-state index in [0.717, 1.165) is 6.42 Å². The Morgan fingerprint density at radius 2 is 2.62 bits per heavy atom. The molecule has 0 aliphatic rings.